The van der Waals surface area contributed by atoms with Gasteiger partial charge in [0.05, 0.1) is 17.4 Å². The molecule has 160 valence electrons. The van der Waals surface area contributed by atoms with E-state index in [1.165, 1.54) is 13.8 Å². The van der Waals surface area contributed by atoms with Gasteiger partial charge in [-0.1, -0.05) is 6.92 Å². The monoisotopic (exact) mass is 425 g/mol. The first kappa shape index (κ1) is 22.7. The van der Waals surface area contributed by atoms with E-state index in [0.717, 1.165) is 6.07 Å². The van der Waals surface area contributed by atoms with Gasteiger partial charge in [-0.05, 0) is 36.4 Å². The smallest absolute Gasteiger partial charge is 0.423 e. The van der Waals surface area contributed by atoms with Crippen LogP contribution >= 0.6 is 0 Å². The van der Waals surface area contributed by atoms with Crippen LogP contribution in [0.1, 0.15) is 19.4 Å². The Labute approximate surface area is 169 Å². The minimum atomic E-state index is -4.94. The zero-order chi connectivity index (χ0) is 22.5. The summed E-state index contributed by atoms with van der Waals surface area (Å²) in [4.78, 5) is 32.9. The predicted molar refractivity (Wildman–Crippen MR) is 102 cm³/mol. The van der Waals surface area contributed by atoms with E-state index < -0.39 is 34.2 Å². The quantitative estimate of drug-likeness (QED) is 0.510. The number of hydrogen-bond acceptors (Lipinski definition) is 5. The maximum atomic E-state index is 13.0. The van der Waals surface area contributed by atoms with Gasteiger partial charge in [0.1, 0.15) is 11.3 Å². The number of nitro benzene ring substituents is 1. The highest BCUT2D eigenvalue weighted by Gasteiger charge is 2.38. The summed E-state index contributed by atoms with van der Waals surface area (Å²) in [7, 11) is 0. The fourth-order valence-corrected chi connectivity index (χ4v) is 2.40. The van der Waals surface area contributed by atoms with E-state index >= 15 is 0 Å². The maximum Gasteiger partial charge on any atom is 0.423 e. The van der Waals surface area contributed by atoms with Gasteiger partial charge in [-0.15, -0.1) is 0 Å². The number of halogens is 3. The molecule has 0 unspecified atom stereocenters. The molecule has 2 amide bonds. The van der Waals surface area contributed by atoms with Crippen LogP contribution in [0.3, 0.4) is 0 Å². The normalized spacial score (nSPS) is 12.0. The fraction of sp³-hybridized carbons (Fsp3) is 0.263. The van der Waals surface area contributed by atoms with Crippen LogP contribution in [0, 0.1) is 16.0 Å². The number of carbonyl (C=O) groups excluding carboxylic acids is 2. The van der Waals surface area contributed by atoms with Crippen LogP contribution in [0.5, 0.6) is 5.75 Å². The number of benzene rings is 2. The van der Waals surface area contributed by atoms with Crippen molar-refractivity contribution in [2.75, 3.05) is 17.2 Å². The second kappa shape index (κ2) is 9.25. The molecule has 2 rings (SSSR count). The molecule has 11 heteroatoms. The molecule has 0 aliphatic rings. The SMILES string of the molecule is CC(=O)Nc1ccc(OC[C@@H](C)C(=O)Nc2ccc([N+](=O)[O-])c(C(F)(F)F)c2)cc1. The molecule has 0 saturated heterocycles. The third-order valence-electron chi connectivity index (χ3n) is 3.89. The molecule has 0 heterocycles. The lowest BCUT2D eigenvalue weighted by Gasteiger charge is -2.15. The third kappa shape index (κ3) is 6.19. The summed E-state index contributed by atoms with van der Waals surface area (Å²) in [6.07, 6.45) is -4.94. The minimum absolute atomic E-state index is 0.0651. The Kier molecular flexibility index (Phi) is 6.98. The van der Waals surface area contributed by atoms with Crippen molar-refractivity contribution in [2.45, 2.75) is 20.0 Å². The standard InChI is InChI=1S/C19H18F3N3O5/c1-11(10-30-15-6-3-13(4-7-15)23-12(2)26)18(27)24-14-5-8-17(25(28)29)16(9-14)19(20,21)22/h3-9,11H,10H2,1-2H3,(H,23,26)(H,24,27)/t11-/m1/s1. The fourth-order valence-electron chi connectivity index (χ4n) is 2.40. The summed E-state index contributed by atoms with van der Waals surface area (Å²) in [5.41, 5.74) is -2.20. The molecule has 8 nitrogen and oxygen atoms in total. The molecule has 0 saturated carbocycles. The van der Waals surface area contributed by atoms with Crippen LogP contribution in [-0.2, 0) is 15.8 Å². The molecule has 30 heavy (non-hydrogen) atoms. The largest absolute Gasteiger partial charge is 0.493 e. The lowest BCUT2D eigenvalue weighted by Crippen LogP contribution is -2.25. The molecule has 0 aliphatic carbocycles. The lowest BCUT2D eigenvalue weighted by atomic mass is 10.1. The molecule has 0 spiro atoms. The van der Waals surface area contributed by atoms with E-state index in [1.54, 1.807) is 24.3 Å². The second-order valence-electron chi connectivity index (χ2n) is 6.39. The molecular weight excluding hydrogens is 407 g/mol. The third-order valence-corrected chi connectivity index (χ3v) is 3.89. The number of nitro groups is 1. The van der Waals surface area contributed by atoms with Crippen molar-refractivity contribution < 1.29 is 32.4 Å². The highest BCUT2D eigenvalue weighted by atomic mass is 19.4. The Hall–Kier alpha value is -3.63. The van der Waals surface area contributed by atoms with Gasteiger partial charge in [0, 0.05) is 24.4 Å². The summed E-state index contributed by atoms with van der Waals surface area (Å²) in [5.74, 6) is -1.15. The summed E-state index contributed by atoms with van der Waals surface area (Å²) < 4.78 is 44.6. The van der Waals surface area contributed by atoms with E-state index in [9.17, 15) is 32.9 Å². The highest BCUT2D eigenvalue weighted by molar-refractivity contribution is 5.92. The van der Waals surface area contributed by atoms with Crippen molar-refractivity contribution in [3.63, 3.8) is 0 Å². The summed E-state index contributed by atoms with van der Waals surface area (Å²) >= 11 is 0. The van der Waals surface area contributed by atoms with Crippen LogP contribution in [0.15, 0.2) is 42.5 Å². The van der Waals surface area contributed by atoms with Crippen molar-refractivity contribution in [3.8, 4) is 5.75 Å². The number of amides is 2. The highest BCUT2D eigenvalue weighted by Crippen LogP contribution is 2.37. The minimum Gasteiger partial charge on any atom is -0.493 e. The molecular formula is C19H18F3N3O5. The van der Waals surface area contributed by atoms with E-state index in [0.29, 0.717) is 23.6 Å². The van der Waals surface area contributed by atoms with E-state index in [-0.39, 0.29) is 18.2 Å². The molecule has 0 aliphatic heterocycles. The molecule has 0 aromatic heterocycles. The predicted octanol–water partition coefficient (Wildman–Crippen LogP) is 4.23. The molecule has 2 N–H and O–H groups in total. The maximum absolute atomic E-state index is 13.0. The van der Waals surface area contributed by atoms with Gasteiger partial charge in [0.2, 0.25) is 11.8 Å². The number of nitrogens with one attached hydrogen (secondary N) is 2. The van der Waals surface area contributed by atoms with Crippen molar-refractivity contribution in [1.82, 2.24) is 0 Å². The van der Waals surface area contributed by atoms with Crippen LogP contribution in [0.4, 0.5) is 30.2 Å². The Balaban J connectivity index is 2.00. The van der Waals surface area contributed by atoms with Crippen LogP contribution in [0.2, 0.25) is 0 Å². The lowest BCUT2D eigenvalue weighted by molar-refractivity contribution is -0.388. The number of carbonyl (C=O) groups is 2. The Morgan fingerprint density at radius 2 is 1.70 bits per heavy atom. The van der Waals surface area contributed by atoms with Crippen molar-refractivity contribution in [3.05, 3.63) is 58.1 Å². The van der Waals surface area contributed by atoms with Crippen LogP contribution in [-0.4, -0.2) is 23.3 Å². The molecule has 0 fully saturated rings. The number of nitrogens with zero attached hydrogens (tertiary/aromatic N) is 1. The number of hydrogen-bond donors (Lipinski definition) is 2. The Bertz CT molecular complexity index is 945. The average Bonchev–Trinajstić information content (AvgIpc) is 2.65. The zero-order valence-corrected chi connectivity index (χ0v) is 15.9. The molecule has 2 aromatic rings. The first-order chi connectivity index (χ1) is 14.0. The molecule has 2 aromatic carbocycles. The topological polar surface area (TPSA) is 111 Å². The van der Waals surface area contributed by atoms with Crippen molar-refractivity contribution in [2.24, 2.45) is 5.92 Å². The molecule has 1 atom stereocenters. The Morgan fingerprint density at radius 3 is 2.23 bits per heavy atom. The number of anilines is 2. The van der Waals surface area contributed by atoms with Gasteiger partial charge in [-0.2, -0.15) is 13.2 Å². The molecule has 0 bridgehead atoms. The van der Waals surface area contributed by atoms with Gasteiger partial charge in [0.25, 0.3) is 5.69 Å². The van der Waals surface area contributed by atoms with E-state index in [1.807, 2.05) is 0 Å². The average molecular weight is 425 g/mol. The van der Waals surface area contributed by atoms with Crippen LogP contribution in [0.25, 0.3) is 0 Å². The van der Waals surface area contributed by atoms with Gasteiger partial charge < -0.3 is 15.4 Å². The zero-order valence-electron chi connectivity index (χ0n) is 15.9. The van der Waals surface area contributed by atoms with Gasteiger partial charge in [-0.25, -0.2) is 0 Å². The Morgan fingerprint density at radius 1 is 1.10 bits per heavy atom. The number of alkyl halides is 3. The summed E-state index contributed by atoms with van der Waals surface area (Å²) in [6.45, 7) is 2.81. The number of rotatable bonds is 7. The first-order valence-electron chi connectivity index (χ1n) is 8.64. The van der Waals surface area contributed by atoms with Crippen LogP contribution < -0.4 is 15.4 Å². The number of ether oxygens (including phenoxy) is 1. The second-order valence-corrected chi connectivity index (χ2v) is 6.39. The van der Waals surface area contributed by atoms with Crippen molar-refractivity contribution in [1.29, 1.82) is 0 Å². The van der Waals surface area contributed by atoms with Gasteiger partial charge in [0.15, 0.2) is 0 Å². The van der Waals surface area contributed by atoms with Gasteiger partial charge >= 0.3 is 6.18 Å². The van der Waals surface area contributed by atoms with E-state index in [4.69, 9.17) is 4.74 Å². The summed E-state index contributed by atoms with van der Waals surface area (Å²) in [5, 5.41) is 15.7. The molecule has 0 radical (unpaired) electrons. The summed E-state index contributed by atoms with van der Waals surface area (Å²) in [6, 6.07) is 8.62. The van der Waals surface area contributed by atoms with E-state index in [2.05, 4.69) is 10.6 Å². The van der Waals surface area contributed by atoms with Gasteiger partial charge in [-0.3, -0.25) is 19.7 Å². The first-order valence-corrected chi connectivity index (χ1v) is 8.64. The van der Waals surface area contributed by atoms with Crippen molar-refractivity contribution >= 4 is 28.9 Å².